The third-order valence-corrected chi connectivity index (χ3v) is 7.66. The summed E-state index contributed by atoms with van der Waals surface area (Å²) in [5.74, 6) is 0.881. The summed E-state index contributed by atoms with van der Waals surface area (Å²) < 4.78 is 17.3. The van der Waals surface area contributed by atoms with Gasteiger partial charge in [-0.2, -0.15) is 0 Å². The molecule has 4 nitrogen and oxygen atoms in total. The molecule has 1 saturated carbocycles. The van der Waals surface area contributed by atoms with Gasteiger partial charge in [0.15, 0.2) is 5.79 Å². The Morgan fingerprint density at radius 1 is 1.17 bits per heavy atom. The number of fused-ring (bicyclic) bond motifs is 1. The molecule has 0 amide bonds. The minimum atomic E-state index is -0.588. The molecule has 1 saturated heterocycles. The summed E-state index contributed by atoms with van der Waals surface area (Å²) in [5, 5.41) is 0. The lowest BCUT2D eigenvalue weighted by Gasteiger charge is -2.58. The number of halogens is 1. The van der Waals surface area contributed by atoms with Gasteiger partial charge in [0.1, 0.15) is 5.75 Å². The van der Waals surface area contributed by atoms with Gasteiger partial charge in [0, 0.05) is 32.6 Å². The average molecular weight is 398 g/mol. The average Bonchev–Trinajstić information content (AvgIpc) is 2.63. The van der Waals surface area contributed by atoms with Crippen LogP contribution in [0.25, 0.3) is 0 Å². The molecule has 3 atom stereocenters. The fraction of sp³-hybridized carbons (Fsp3) is 0.684. The molecular weight excluding hydrogens is 370 g/mol. The monoisotopic (exact) mass is 397 g/mol. The Hall–Kier alpha value is -0.620. The summed E-state index contributed by atoms with van der Waals surface area (Å²) in [6.45, 7) is 2.17. The molecule has 0 spiro atoms. The van der Waals surface area contributed by atoms with Crippen molar-refractivity contribution in [1.82, 2.24) is 4.90 Å². The molecule has 1 aromatic carbocycles. The van der Waals surface area contributed by atoms with Gasteiger partial charge >= 0.3 is 0 Å². The maximum Gasteiger partial charge on any atom is 0.180 e. The molecule has 1 unspecified atom stereocenters. The van der Waals surface area contributed by atoms with E-state index in [1.807, 2.05) is 6.07 Å². The maximum absolute atomic E-state index is 5.91. The summed E-state index contributed by atoms with van der Waals surface area (Å²) in [7, 11) is 7.45. The van der Waals surface area contributed by atoms with Crippen molar-refractivity contribution in [3.05, 3.63) is 29.8 Å². The van der Waals surface area contributed by atoms with Gasteiger partial charge in [-0.3, -0.25) is 0 Å². The van der Waals surface area contributed by atoms with E-state index in [1.54, 1.807) is 21.3 Å². The summed E-state index contributed by atoms with van der Waals surface area (Å²) in [6, 6.07) is 8.52. The van der Waals surface area contributed by atoms with Crippen molar-refractivity contribution < 1.29 is 14.2 Å². The standard InChI is InChI=1S/C19H28BrNO3/c1-21-11-10-18(14-6-5-7-16(12-14)22-2)15(13-21)8-9-19(23-3,24-4)17(18)20/h5-7,12,15,17H,8-11,13H2,1-4H3/t15-,17?,18+/m1/s1. The zero-order valence-electron chi connectivity index (χ0n) is 15.0. The zero-order chi connectivity index (χ0) is 17.4. The molecular formula is C19H28BrNO3. The van der Waals surface area contributed by atoms with E-state index >= 15 is 0 Å². The van der Waals surface area contributed by atoms with Crippen molar-refractivity contribution >= 4 is 15.9 Å². The number of likely N-dealkylation sites (tertiary alicyclic amines) is 1. The van der Waals surface area contributed by atoms with Crippen molar-refractivity contribution in [2.24, 2.45) is 5.92 Å². The molecule has 0 bridgehead atoms. The molecule has 0 N–H and O–H groups in total. The first-order valence-corrected chi connectivity index (χ1v) is 9.51. The maximum atomic E-state index is 5.91. The number of hydrogen-bond acceptors (Lipinski definition) is 4. The second kappa shape index (κ2) is 6.94. The lowest BCUT2D eigenvalue weighted by molar-refractivity contribution is -0.239. The summed E-state index contributed by atoms with van der Waals surface area (Å²) in [4.78, 5) is 2.53. The molecule has 2 fully saturated rings. The van der Waals surface area contributed by atoms with Gasteiger partial charge < -0.3 is 19.1 Å². The Morgan fingerprint density at radius 2 is 1.92 bits per heavy atom. The van der Waals surface area contributed by atoms with E-state index in [1.165, 1.54) is 5.56 Å². The third kappa shape index (κ3) is 2.70. The molecule has 1 heterocycles. The predicted octanol–water partition coefficient (Wildman–Crippen LogP) is 3.43. The fourth-order valence-electron chi connectivity index (χ4n) is 4.72. The summed E-state index contributed by atoms with van der Waals surface area (Å²) in [6.07, 6.45) is 3.07. The number of hydrogen-bond donors (Lipinski definition) is 0. The number of benzene rings is 1. The van der Waals surface area contributed by atoms with E-state index in [-0.39, 0.29) is 10.2 Å². The number of methoxy groups -OCH3 is 3. The van der Waals surface area contributed by atoms with Crippen LogP contribution in [0.2, 0.25) is 0 Å². The van der Waals surface area contributed by atoms with Gasteiger partial charge in [0.05, 0.1) is 11.9 Å². The highest BCUT2D eigenvalue weighted by atomic mass is 79.9. The highest BCUT2D eigenvalue weighted by Crippen LogP contribution is 2.56. The summed E-state index contributed by atoms with van der Waals surface area (Å²) in [5.41, 5.74) is 1.30. The van der Waals surface area contributed by atoms with Crippen LogP contribution in [-0.4, -0.2) is 57.0 Å². The first-order valence-electron chi connectivity index (χ1n) is 8.60. The fourth-order valence-corrected chi connectivity index (χ4v) is 6.19. The van der Waals surface area contributed by atoms with E-state index < -0.39 is 5.79 Å². The predicted molar refractivity (Wildman–Crippen MR) is 99.0 cm³/mol. The molecule has 0 radical (unpaired) electrons. The van der Waals surface area contributed by atoms with Crippen LogP contribution in [0.5, 0.6) is 5.75 Å². The van der Waals surface area contributed by atoms with Gasteiger partial charge in [0.25, 0.3) is 0 Å². The van der Waals surface area contributed by atoms with Gasteiger partial charge in [-0.1, -0.05) is 28.1 Å². The second-order valence-corrected chi connectivity index (χ2v) is 8.02. The van der Waals surface area contributed by atoms with Crippen molar-refractivity contribution in [3.63, 3.8) is 0 Å². The number of nitrogens with zero attached hydrogens (tertiary/aromatic N) is 1. The van der Waals surface area contributed by atoms with Crippen LogP contribution in [0.3, 0.4) is 0 Å². The Kier molecular flexibility index (Phi) is 5.26. The largest absolute Gasteiger partial charge is 0.497 e. The number of piperidine rings is 1. The minimum absolute atomic E-state index is 0.0225. The lowest BCUT2D eigenvalue weighted by atomic mass is 9.57. The number of rotatable bonds is 4. The minimum Gasteiger partial charge on any atom is -0.497 e. The van der Waals surface area contributed by atoms with Gasteiger partial charge in [-0.25, -0.2) is 0 Å². The Balaban J connectivity index is 2.11. The molecule has 5 heteroatoms. The highest BCUT2D eigenvalue weighted by Gasteiger charge is 2.60. The SMILES string of the molecule is COc1cccc([C@@]23CCN(C)C[C@H]2CCC(OC)(OC)C3Br)c1. The van der Waals surface area contributed by atoms with Crippen LogP contribution in [0, 0.1) is 5.92 Å². The second-order valence-electron chi connectivity index (χ2n) is 7.10. The molecule has 2 aliphatic rings. The van der Waals surface area contributed by atoms with Crippen molar-refractivity contribution in [2.75, 3.05) is 41.5 Å². The lowest BCUT2D eigenvalue weighted by Crippen LogP contribution is -2.64. The zero-order valence-corrected chi connectivity index (χ0v) is 16.6. The number of ether oxygens (including phenoxy) is 3. The topological polar surface area (TPSA) is 30.9 Å². The van der Waals surface area contributed by atoms with E-state index in [4.69, 9.17) is 14.2 Å². The van der Waals surface area contributed by atoms with Crippen LogP contribution in [0.4, 0.5) is 0 Å². The molecule has 1 aliphatic heterocycles. The number of alkyl halides is 1. The highest BCUT2D eigenvalue weighted by molar-refractivity contribution is 9.09. The first kappa shape index (κ1) is 18.2. The van der Waals surface area contributed by atoms with Gasteiger partial charge in [0.2, 0.25) is 0 Å². The van der Waals surface area contributed by atoms with Crippen LogP contribution < -0.4 is 4.74 Å². The molecule has 1 aliphatic carbocycles. The van der Waals surface area contributed by atoms with E-state index in [0.29, 0.717) is 5.92 Å². The van der Waals surface area contributed by atoms with E-state index in [9.17, 15) is 0 Å². The van der Waals surface area contributed by atoms with Crippen LogP contribution in [0.15, 0.2) is 24.3 Å². The van der Waals surface area contributed by atoms with Crippen molar-refractivity contribution in [3.8, 4) is 5.75 Å². The smallest absolute Gasteiger partial charge is 0.180 e. The molecule has 134 valence electrons. The quantitative estimate of drug-likeness (QED) is 0.575. The molecule has 3 rings (SSSR count). The molecule has 24 heavy (non-hydrogen) atoms. The molecule has 1 aromatic rings. The van der Waals surface area contributed by atoms with Crippen molar-refractivity contribution in [1.29, 1.82) is 0 Å². The van der Waals surface area contributed by atoms with Crippen molar-refractivity contribution in [2.45, 2.75) is 35.3 Å². The Bertz CT molecular complexity index is 577. The van der Waals surface area contributed by atoms with Gasteiger partial charge in [-0.05, 0) is 50.0 Å². The van der Waals surface area contributed by atoms with E-state index in [0.717, 1.165) is 38.1 Å². The molecule has 0 aromatic heterocycles. The third-order valence-electron chi connectivity index (χ3n) is 6.15. The Labute approximate surface area is 153 Å². The van der Waals surface area contributed by atoms with Crippen LogP contribution in [0.1, 0.15) is 24.8 Å². The van der Waals surface area contributed by atoms with E-state index in [2.05, 4.69) is 46.1 Å². The first-order chi connectivity index (χ1) is 11.5. The van der Waals surface area contributed by atoms with Gasteiger partial charge in [-0.15, -0.1) is 0 Å². The summed E-state index contributed by atoms with van der Waals surface area (Å²) >= 11 is 4.03. The Morgan fingerprint density at radius 3 is 2.58 bits per heavy atom. The van der Waals surface area contributed by atoms with Crippen LogP contribution in [-0.2, 0) is 14.9 Å². The van der Waals surface area contributed by atoms with Crippen LogP contribution >= 0.6 is 15.9 Å². The normalized spacial score (nSPS) is 33.0.